The van der Waals surface area contributed by atoms with Crippen LogP contribution in [0.1, 0.15) is 35.7 Å². The topological polar surface area (TPSA) is 52.3 Å². The Morgan fingerprint density at radius 3 is 2.80 bits per heavy atom. The Bertz CT molecular complexity index is 634. The van der Waals surface area contributed by atoms with Crippen LogP contribution in [0.15, 0.2) is 22.6 Å². The molecule has 0 aliphatic rings. The number of benzene rings is 1. The molecule has 0 N–H and O–H groups in total. The normalized spacial score (nSPS) is 10.6. The Balaban J connectivity index is 2.48. The fraction of sp³-hybridized carbons (Fsp3) is 0.333. The summed E-state index contributed by atoms with van der Waals surface area (Å²) in [6, 6.07) is 5.46. The Morgan fingerprint density at radius 2 is 2.15 bits per heavy atom. The van der Waals surface area contributed by atoms with Gasteiger partial charge in [0.2, 0.25) is 11.7 Å². The molecule has 0 radical (unpaired) electrons. The summed E-state index contributed by atoms with van der Waals surface area (Å²) in [5.41, 5.74) is 2.36. The molecule has 1 heterocycles. The highest BCUT2D eigenvalue weighted by atomic mass is 35.5. The maximum atomic E-state index is 11.8. The molecule has 4 nitrogen and oxygen atoms in total. The fourth-order valence-electron chi connectivity index (χ4n) is 1.89. The highest BCUT2D eigenvalue weighted by molar-refractivity contribution is 6.30. The number of esters is 1. The number of oxazole rings is 1. The molecule has 0 saturated heterocycles. The van der Waals surface area contributed by atoms with E-state index >= 15 is 0 Å². The Labute approximate surface area is 122 Å². The van der Waals surface area contributed by atoms with Gasteiger partial charge in [0.15, 0.2) is 0 Å². The minimum Gasteiger partial charge on any atom is -0.460 e. The molecule has 20 heavy (non-hydrogen) atoms. The number of hydrogen-bond donors (Lipinski definition) is 0. The quantitative estimate of drug-likeness (QED) is 0.798. The van der Waals surface area contributed by atoms with Crippen molar-refractivity contribution in [1.29, 1.82) is 0 Å². The van der Waals surface area contributed by atoms with Gasteiger partial charge in [0, 0.05) is 10.6 Å². The molecule has 0 amide bonds. The van der Waals surface area contributed by atoms with E-state index in [1.165, 1.54) is 0 Å². The molecule has 5 heteroatoms. The third kappa shape index (κ3) is 2.85. The molecule has 2 aromatic rings. The van der Waals surface area contributed by atoms with Gasteiger partial charge in [0.25, 0.3) is 0 Å². The second kappa shape index (κ2) is 6.09. The molecule has 0 bridgehead atoms. The van der Waals surface area contributed by atoms with E-state index in [0.717, 1.165) is 11.1 Å². The van der Waals surface area contributed by atoms with Crippen LogP contribution in [0.4, 0.5) is 0 Å². The van der Waals surface area contributed by atoms with E-state index < -0.39 is 5.97 Å². The number of nitrogens with zero attached hydrogens (tertiary/aromatic N) is 1. The lowest BCUT2D eigenvalue weighted by molar-refractivity contribution is 0.0489. The smallest absolute Gasteiger partial charge is 0.376 e. The summed E-state index contributed by atoms with van der Waals surface area (Å²) in [6.07, 6.45) is 0.595. The van der Waals surface area contributed by atoms with Crippen LogP contribution in [0.25, 0.3) is 11.5 Å². The average Bonchev–Trinajstić information content (AvgIpc) is 2.86. The van der Waals surface area contributed by atoms with E-state index in [9.17, 15) is 4.79 Å². The molecule has 1 aromatic heterocycles. The first-order chi connectivity index (χ1) is 9.56. The van der Waals surface area contributed by atoms with Crippen molar-refractivity contribution < 1.29 is 13.9 Å². The summed E-state index contributed by atoms with van der Waals surface area (Å²) in [6.45, 7) is 5.90. The average molecular weight is 294 g/mol. The lowest BCUT2D eigenvalue weighted by Gasteiger charge is -2.01. The van der Waals surface area contributed by atoms with E-state index in [0.29, 0.717) is 29.6 Å². The molecule has 0 atom stereocenters. The van der Waals surface area contributed by atoms with Gasteiger partial charge in [-0.1, -0.05) is 24.6 Å². The molecule has 106 valence electrons. The molecule has 0 fully saturated rings. The molecule has 0 aliphatic carbocycles. The van der Waals surface area contributed by atoms with Crippen molar-refractivity contribution in [2.24, 2.45) is 0 Å². The van der Waals surface area contributed by atoms with Gasteiger partial charge < -0.3 is 9.15 Å². The number of ether oxygens (including phenoxy) is 1. The maximum Gasteiger partial charge on any atom is 0.376 e. The molecular weight excluding hydrogens is 278 g/mol. The zero-order chi connectivity index (χ0) is 14.7. The zero-order valence-corrected chi connectivity index (χ0v) is 12.5. The monoisotopic (exact) mass is 293 g/mol. The van der Waals surface area contributed by atoms with Gasteiger partial charge in [-0.15, -0.1) is 0 Å². The second-order valence-corrected chi connectivity index (χ2v) is 4.76. The van der Waals surface area contributed by atoms with Crippen molar-refractivity contribution in [2.45, 2.75) is 27.2 Å². The molecule has 2 rings (SSSR count). The van der Waals surface area contributed by atoms with Gasteiger partial charge in [-0.2, -0.15) is 0 Å². The number of aryl methyl sites for hydroxylation is 2. The highest BCUT2D eigenvalue weighted by Gasteiger charge is 2.21. The summed E-state index contributed by atoms with van der Waals surface area (Å²) in [4.78, 5) is 16.2. The summed E-state index contributed by atoms with van der Waals surface area (Å²) in [7, 11) is 0. The Hall–Kier alpha value is -1.81. The largest absolute Gasteiger partial charge is 0.460 e. The molecule has 1 aromatic carbocycles. The van der Waals surface area contributed by atoms with E-state index in [-0.39, 0.29) is 5.76 Å². The Morgan fingerprint density at radius 1 is 1.40 bits per heavy atom. The first-order valence-electron chi connectivity index (χ1n) is 6.50. The third-order valence-corrected chi connectivity index (χ3v) is 3.16. The van der Waals surface area contributed by atoms with Gasteiger partial charge in [-0.3, -0.25) is 0 Å². The molecule has 0 saturated carbocycles. The fourth-order valence-corrected chi connectivity index (χ4v) is 2.06. The highest BCUT2D eigenvalue weighted by Crippen LogP contribution is 2.28. The van der Waals surface area contributed by atoms with Crippen molar-refractivity contribution in [3.63, 3.8) is 0 Å². The van der Waals surface area contributed by atoms with Crippen LogP contribution in [-0.2, 0) is 11.2 Å². The maximum absolute atomic E-state index is 11.8. The van der Waals surface area contributed by atoms with Crippen LogP contribution in [0.2, 0.25) is 5.02 Å². The number of carbonyl (C=O) groups is 1. The molecule has 0 spiro atoms. The first kappa shape index (κ1) is 14.6. The Kier molecular flexibility index (Phi) is 4.45. The van der Waals surface area contributed by atoms with E-state index in [1.54, 1.807) is 19.1 Å². The predicted molar refractivity (Wildman–Crippen MR) is 77.0 cm³/mol. The number of rotatable bonds is 4. The summed E-state index contributed by atoms with van der Waals surface area (Å²) in [5, 5.41) is 0.597. The van der Waals surface area contributed by atoms with Crippen LogP contribution >= 0.6 is 11.6 Å². The predicted octanol–water partition coefficient (Wildman–Crippen LogP) is 4.04. The number of halogens is 1. The second-order valence-electron chi connectivity index (χ2n) is 4.33. The van der Waals surface area contributed by atoms with Gasteiger partial charge in [-0.25, -0.2) is 9.78 Å². The van der Waals surface area contributed by atoms with Crippen LogP contribution in [0, 0.1) is 6.92 Å². The van der Waals surface area contributed by atoms with E-state index in [1.807, 2.05) is 19.9 Å². The summed E-state index contributed by atoms with van der Waals surface area (Å²) < 4.78 is 10.6. The van der Waals surface area contributed by atoms with Crippen molar-refractivity contribution in [1.82, 2.24) is 4.98 Å². The SMILES string of the molecule is CCOC(=O)c1oc(-c2cc(Cl)ccc2C)nc1CC. The van der Waals surface area contributed by atoms with Gasteiger partial charge in [0.05, 0.1) is 12.3 Å². The zero-order valence-electron chi connectivity index (χ0n) is 11.7. The van der Waals surface area contributed by atoms with Gasteiger partial charge in [-0.05, 0) is 38.0 Å². The van der Waals surface area contributed by atoms with Crippen molar-refractivity contribution in [3.8, 4) is 11.5 Å². The van der Waals surface area contributed by atoms with Crippen LogP contribution < -0.4 is 0 Å². The minimum atomic E-state index is -0.484. The van der Waals surface area contributed by atoms with Crippen molar-refractivity contribution in [3.05, 3.63) is 40.2 Å². The number of aromatic nitrogens is 1. The lowest BCUT2D eigenvalue weighted by Crippen LogP contribution is -2.05. The van der Waals surface area contributed by atoms with E-state index in [2.05, 4.69) is 4.98 Å². The minimum absolute atomic E-state index is 0.170. The molecule has 0 aliphatic heterocycles. The number of carbonyl (C=O) groups excluding carboxylic acids is 1. The first-order valence-corrected chi connectivity index (χ1v) is 6.88. The molecular formula is C15H16ClNO3. The third-order valence-electron chi connectivity index (χ3n) is 2.92. The lowest BCUT2D eigenvalue weighted by atomic mass is 10.1. The van der Waals surface area contributed by atoms with Crippen LogP contribution in [0.5, 0.6) is 0 Å². The van der Waals surface area contributed by atoms with Gasteiger partial charge >= 0.3 is 5.97 Å². The summed E-state index contributed by atoms with van der Waals surface area (Å²) in [5.74, 6) is 0.0800. The molecule has 0 unspecified atom stereocenters. The van der Waals surface area contributed by atoms with Crippen LogP contribution in [0.3, 0.4) is 0 Å². The van der Waals surface area contributed by atoms with Crippen molar-refractivity contribution in [2.75, 3.05) is 6.61 Å². The number of hydrogen-bond acceptors (Lipinski definition) is 4. The standard InChI is InChI=1S/C15H16ClNO3/c1-4-12-13(15(18)19-5-2)20-14(17-12)11-8-10(16)7-6-9(11)3/h6-8H,4-5H2,1-3H3. The van der Waals surface area contributed by atoms with Crippen molar-refractivity contribution >= 4 is 17.6 Å². The summed E-state index contributed by atoms with van der Waals surface area (Å²) >= 11 is 6.00. The van der Waals surface area contributed by atoms with E-state index in [4.69, 9.17) is 20.8 Å². The van der Waals surface area contributed by atoms with Gasteiger partial charge in [0.1, 0.15) is 0 Å². The van der Waals surface area contributed by atoms with Crippen LogP contribution in [-0.4, -0.2) is 17.6 Å².